The lowest BCUT2D eigenvalue weighted by atomic mass is 9.89. The molecule has 2 heterocycles. The smallest absolute Gasteiger partial charge is 0.268 e. The van der Waals surface area contributed by atoms with E-state index in [9.17, 15) is 9.90 Å². The molecule has 0 radical (unpaired) electrons. The van der Waals surface area contributed by atoms with Crippen LogP contribution in [0.4, 0.5) is 17.3 Å². The summed E-state index contributed by atoms with van der Waals surface area (Å²) in [5, 5.41) is 13.8. The van der Waals surface area contributed by atoms with Crippen LogP contribution >= 0.6 is 23.2 Å². The first-order valence-electron chi connectivity index (χ1n) is 9.82. The van der Waals surface area contributed by atoms with Crippen LogP contribution in [0.2, 0.25) is 10.0 Å². The summed E-state index contributed by atoms with van der Waals surface area (Å²) >= 11 is 12.5. The zero-order valence-corrected chi connectivity index (χ0v) is 17.8. The molecule has 2 aliphatic rings. The van der Waals surface area contributed by atoms with Crippen molar-refractivity contribution in [2.45, 2.75) is 25.4 Å². The van der Waals surface area contributed by atoms with Gasteiger partial charge in [-0.25, -0.2) is 4.98 Å². The quantitative estimate of drug-likeness (QED) is 0.608. The van der Waals surface area contributed by atoms with Crippen molar-refractivity contribution >= 4 is 46.4 Å². The van der Waals surface area contributed by atoms with Crippen molar-refractivity contribution in [1.29, 1.82) is 0 Å². The Balaban J connectivity index is 1.39. The number of hydrogen-bond acceptors (Lipinski definition) is 6. The predicted molar refractivity (Wildman–Crippen MR) is 119 cm³/mol. The maximum atomic E-state index is 13.0. The molecule has 2 N–H and O–H groups in total. The van der Waals surface area contributed by atoms with E-state index in [1.54, 1.807) is 18.2 Å². The molecule has 0 fully saturated rings. The lowest BCUT2D eigenvalue weighted by Crippen LogP contribution is -2.39. The molecule has 158 valence electrons. The fraction of sp³-hybridized carbons (Fsp3) is 0.227. The maximum absolute atomic E-state index is 13.0. The number of aromatic nitrogens is 2. The minimum Gasteiger partial charge on any atom is -0.455 e. The molecule has 31 heavy (non-hydrogen) atoms. The van der Waals surface area contributed by atoms with Crippen LogP contribution in [0.25, 0.3) is 0 Å². The van der Waals surface area contributed by atoms with E-state index in [1.165, 1.54) is 16.7 Å². The molecule has 0 saturated heterocycles. The van der Waals surface area contributed by atoms with Crippen LogP contribution in [0.5, 0.6) is 5.88 Å². The number of para-hydroxylation sites is 1. The van der Waals surface area contributed by atoms with E-state index in [4.69, 9.17) is 27.9 Å². The van der Waals surface area contributed by atoms with Crippen LogP contribution in [-0.4, -0.2) is 33.8 Å². The number of anilines is 3. The van der Waals surface area contributed by atoms with Gasteiger partial charge >= 0.3 is 0 Å². The van der Waals surface area contributed by atoms with Gasteiger partial charge in [0, 0.05) is 11.9 Å². The monoisotopic (exact) mass is 456 g/mol. The second kappa shape index (κ2) is 8.00. The highest BCUT2D eigenvalue weighted by Crippen LogP contribution is 2.37. The van der Waals surface area contributed by atoms with Crippen molar-refractivity contribution < 1.29 is 14.6 Å². The van der Waals surface area contributed by atoms with Crippen LogP contribution in [0, 0.1) is 0 Å². The predicted octanol–water partition coefficient (Wildman–Crippen LogP) is 4.37. The van der Waals surface area contributed by atoms with E-state index in [0.29, 0.717) is 28.1 Å². The third-order valence-electron chi connectivity index (χ3n) is 5.43. The van der Waals surface area contributed by atoms with E-state index in [0.717, 1.165) is 24.1 Å². The molecule has 2 aromatic carbocycles. The number of aliphatic hydroxyl groups is 1. The number of halogens is 2. The number of hydrogen-bond donors (Lipinski definition) is 2. The zero-order valence-electron chi connectivity index (χ0n) is 16.3. The number of nitrogens with zero attached hydrogens (tertiary/aromatic N) is 3. The molecule has 0 bridgehead atoms. The number of carbonyl (C=O) groups excluding carboxylic acids is 1. The second-order valence-corrected chi connectivity index (χ2v) is 8.31. The standard InChI is InChI=1S/C22H18Cl2N4O3/c23-17-2-1-3-18(24)19(17)28-11-31-20-16(21(28)30)10-25-22(27-20)26-14-6-4-12-5-7-15(29)9-13(12)8-14/h1-4,6,8,10,15,29H,5,7,9,11H2,(H,25,26,27). The summed E-state index contributed by atoms with van der Waals surface area (Å²) in [7, 11) is 0. The van der Waals surface area contributed by atoms with Gasteiger partial charge in [0.25, 0.3) is 5.91 Å². The molecule has 0 spiro atoms. The minimum absolute atomic E-state index is 0.0670. The van der Waals surface area contributed by atoms with E-state index in [1.807, 2.05) is 18.2 Å². The molecule has 1 unspecified atom stereocenters. The largest absolute Gasteiger partial charge is 0.455 e. The molecule has 1 aliphatic heterocycles. The normalized spacial score (nSPS) is 17.6. The summed E-state index contributed by atoms with van der Waals surface area (Å²) in [6.07, 6.45) is 3.40. The average Bonchev–Trinajstić information content (AvgIpc) is 2.75. The third kappa shape index (κ3) is 3.80. The van der Waals surface area contributed by atoms with Gasteiger partial charge in [-0.2, -0.15) is 4.98 Å². The highest BCUT2D eigenvalue weighted by molar-refractivity contribution is 6.40. The number of carbonyl (C=O) groups is 1. The first kappa shape index (κ1) is 20.1. The topological polar surface area (TPSA) is 87.6 Å². The van der Waals surface area contributed by atoms with Gasteiger partial charge in [0.2, 0.25) is 11.8 Å². The maximum Gasteiger partial charge on any atom is 0.268 e. The van der Waals surface area contributed by atoms with Gasteiger partial charge in [-0.1, -0.05) is 35.3 Å². The summed E-state index contributed by atoms with van der Waals surface area (Å²) in [5.74, 6) is 0.160. The average molecular weight is 457 g/mol. The van der Waals surface area contributed by atoms with Crippen LogP contribution in [-0.2, 0) is 12.8 Å². The summed E-state index contributed by atoms with van der Waals surface area (Å²) in [5.41, 5.74) is 3.77. The Hall–Kier alpha value is -2.87. The SMILES string of the molecule is O=C1c2cnc(Nc3ccc4c(c3)CC(O)CC4)nc2OCN1c1c(Cl)cccc1Cl. The highest BCUT2D eigenvalue weighted by atomic mass is 35.5. The van der Waals surface area contributed by atoms with Gasteiger partial charge < -0.3 is 15.2 Å². The molecule has 7 nitrogen and oxygen atoms in total. The lowest BCUT2D eigenvalue weighted by Gasteiger charge is -2.29. The molecular formula is C22H18Cl2N4O3. The van der Waals surface area contributed by atoms with Gasteiger partial charge in [-0.05, 0) is 54.7 Å². The van der Waals surface area contributed by atoms with Crippen LogP contribution in [0.15, 0.2) is 42.6 Å². The van der Waals surface area contributed by atoms with E-state index < -0.39 is 0 Å². The highest BCUT2D eigenvalue weighted by Gasteiger charge is 2.31. The zero-order chi connectivity index (χ0) is 21.5. The van der Waals surface area contributed by atoms with Crippen molar-refractivity contribution in [2.24, 2.45) is 0 Å². The summed E-state index contributed by atoms with van der Waals surface area (Å²) in [6, 6.07) is 11.0. The number of nitrogens with one attached hydrogen (secondary N) is 1. The Kier molecular flexibility index (Phi) is 5.17. The van der Waals surface area contributed by atoms with E-state index in [2.05, 4.69) is 15.3 Å². The van der Waals surface area contributed by atoms with Crippen molar-refractivity contribution in [3.63, 3.8) is 0 Å². The molecule has 9 heteroatoms. The molecular weight excluding hydrogens is 439 g/mol. The Morgan fingerprint density at radius 1 is 1.16 bits per heavy atom. The molecule has 5 rings (SSSR count). The van der Waals surface area contributed by atoms with E-state index >= 15 is 0 Å². The number of rotatable bonds is 3. The Morgan fingerprint density at radius 2 is 1.97 bits per heavy atom. The molecule has 1 aliphatic carbocycles. The summed E-state index contributed by atoms with van der Waals surface area (Å²) in [4.78, 5) is 23.0. The first-order valence-corrected chi connectivity index (χ1v) is 10.6. The first-order chi connectivity index (χ1) is 15.0. The summed E-state index contributed by atoms with van der Waals surface area (Å²) in [6.45, 7) is -0.0670. The molecule has 1 amide bonds. The molecule has 3 aromatic rings. The third-order valence-corrected chi connectivity index (χ3v) is 6.04. The summed E-state index contributed by atoms with van der Waals surface area (Å²) < 4.78 is 5.72. The number of ether oxygens (including phenoxy) is 1. The number of fused-ring (bicyclic) bond motifs is 2. The van der Waals surface area contributed by atoms with Crippen molar-refractivity contribution in [3.8, 4) is 5.88 Å². The van der Waals surface area contributed by atoms with Crippen molar-refractivity contribution in [3.05, 3.63) is 69.3 Å². The second-order valence-electron chi connectivity index (χ2n) is 7.49. The Morgan fingerprint density at radius 3 is 2.77 bits per heavy atom. The van der Waals surface area contributed by atoms with Crippen LogP contribution < -0.4 is 15.0 Å². The fourth-order valence-corrected chi connectivity index (χ4v) is 4.47. The number of amides is 1. The van der Waals surface area contributed by atoms with Gasteiger partial charge in [0.05, 0.1) is 21.8 Å². The lowest BCUT2D eigenvalue weighted by molar-refractivity contribution is 0.0932. The van der Waals surface area contributed by atoms with Crippen molar-refractivity contribution in [1.82, 2.24) is 9.97 Å². The fourth-order valence-electron chi connectivity index (χ4n) is 3.87. The van der Waals surface area contributed by atoms with Crippen molar-refractivity contribution in [2.75, 3.05) is 16.9 Å². The number of aliphatic hydroxyl groups excluding tert-OH is 1. The van der Waals surface area contributed by atoms with Gasteiger partial charge in [0.15, 0.2) is 6.73 Å². The Labute approximate surface area is 188 Å². The van der Waals surface area contributed by atoms with Crippen LogP contribution in [0.3, 0.4) is 0 Å². The van der Waals surface area contributed by atoms with Gasteiger partial charge in [-0.3, -0.25) is 9.69 Å². The van der Waals surface area contributed by atoms with Gasteiger partial charge in [-0.15, -0.1) is 0 Å². The van der Waals surface area contributed by atoms with Crippen LogP contribution in [0.1, 0.15) is 27.9 Å². The Bertz CT molecular complexity index is 1170. The molecule has 1 aromatic heterocycles. The molecule has 1 atom stereocenters. The van der Waals surface area contributed by atoms with E-state index in [-0.39, 0.29) is 30.2 Å². The minimum atomic E-state index is -0.342. The number of benzene rings is 2. The number of aryl methyl sites for hydroxylation is 1. The van der Waals surface area contributed by atoms with Gasteiger partial charge in [0.1, 0.15) is 5.56 Å². The molecule has 0 saturated carbocycles.